The molecule has 3 heteroatoms. The molecule has 0 atom stereocenters. The maximum absolute atomic E-state index is 3.86. The average molecular weight is 337 g/mol. The van der Waals surface area contributed by atoms with E-state index >= 15 is 0 Å². The van der Waals surface area contributed by atoms with E-state index < -0.39 is 0 Å². The average Bonchev–Trinajstić information content (AvgIpc) is 2.71. The second-order valence-corrected chi connectivity index (χ2v) is 7.49. The lowest BCUT2D eigenvalue weighted by Crippen LogP contribution is -2.49. The van der Waals surface area contributed by atoms with E-state index in [1.165, 1.54) is 73.0 Å². The summed E-state index contributed by atoms with van der Waals surface area (Å²) in [5.41, 5.74) is 4.63. The Kier molecular flexibility index (Phi) is 4.09. The highest BCUT2D eigenvalue weighted by Crippen LogP contribution is 2.36. The summed E-state index contributed by atoms with van der Waals surface area (Å²) in [5, 5.41) is 3.86. The van der Waals surface area contributed by atoms with Crippen LogP contribution in [-0.2, 0) is 0 Å². The Morgan fingerprint density at radius 1 is 1.10 bits per heavy atom. The summed E-state index contributed by atoms with van der Waals surface area (Å²) in [4.78, 5) is 2.64. The first-order chi connectivity index (χ1) is 9.60. The van der Waals surface area contributed by atoms with Crippen LogP contribution in [-0.4, -0.2) is 25.2 Å². The minimum atomic E-state index is 0.377. The van der Waals surface area contributed by atoms with Crippen LogP contribution in [0.3, 0.4) is 0 Å². The van der Waals surface area contributed by atoms with E-state index in [2.05, 4.69) is 52.1 Å². The molecule has 1 aromatic carbocycles. The van der Waals surface area contributed by atoms with Crippen molar-refractivity contribution in [2.75, 3.05) is 24.5 Å². The van der Waals surface area contributed by atoms with Crippen LogP contribution in [0.4, 0.5) is 5.69 Å². The second-order valence-electron chi connectivity index (χ2n) is 6.58. The fourth-order valence-electron chi connectivity index (χ4n) is 4.10. The third-order valence-electron chi connectivity index (χ3n) is 4.93. The van der Waals surface area contributed by atoms with E-state index in [1.54, 1.807) is 0 Å². The van der Waals surface area contributed by atoms with Crippen LogP contribution in [0.5, 0.6) is 0 Å². The number of benzene rings is 1. The standard InChI is InChI=1S/C17H25BrN2/c1-13-10-15(18)11-14(2)16(13)20-9-5-8-19-17(12-20)6-3-4-7-17/h10-11,19H,3-9,12H2,1-2H3. The zero-order valence-corrected chi connectivity index (χ0v) is 14.2. The van der Waals surface area contributed by atoms with Crippen LogP contribution in [0.1, 0.15) is 43.2 Å². The highest BCUT2D eigenvalue weighted by Gasteiger charge is 2.36. The summed E-state index contributed by atoms with van der Waals surface area (Å²) in [6, 6.07) is 4.50. The maximum Gasteiger partial charge on any atom is 0.0427 e. The molecule has 1 aliphatic heterocycles. The number of rotatable bonds is 1. The summed E-state index contributed by atoms with van der Waals surface area (Å²) < 4.78 is 1.19. The van der Waals surface area contributed by atoms with Gasteiger partial charge in [0.1, 0.15) is 0 Å². The number of nitrogens with zero attached hydrogens (tertiary/aromatic N) is 1. The number of anilines is 1. The van der Waals surface area contributed by atoms with Crippen LogP contribution >= 0.6 is 15.9 Å². The molecule has 0 amide bonds. The van der Waals surface area contributed by atoms with E-state index in [1.807, 2.05) is 0 Å². The van der Waals surface area contributed by atoms with Gasteiger partial charge in [-0.2, -0.15) is 0 Å². The van der Waals surface area contributed by atoms with Crippen molar-refractivity contribution in [3.63, 3.8) is 0 Å². The number of hydrogen-bond acceptors (Lipinski definition) is 2. The Morgan fingerprint density at radius 2 is 1.75 bits per heavy atom. The van der Waals surface area contributed by atoms with Gasteiger partial charge < -0.3 is 10.2 Å². The lowest BCUT2D eigenvalue weighted by molar-refractivity contribution is 0.354. The van der Waals surface area contributed by atoms with Crippen molar-refractivity contribution >= 4 is 21.6 Å². The molecule has 20 heavy (non-hydrogen) atoms. The van der Waals surface area contributed by atoms with Crippen molar-refractivity contribution in [1.82, 2.24) is 5.32 Å². The van der Waals surface area contributed by atoms with Gasteiger partial charge in [-0.3, -0.25) is 0 Å². The first-order valence-corrected chi connectivity index (χ1v) is 8.66. The molecule has 2 fully saturated rings. The Balaban J connectivity index is 1.92. The fraction of sp³-hybridized carbons (Fsp3) is 0.647. The van der Waals surface area contributed by atoms with Crippen LogP contribution < -0.4 is 10.2 Å². The van der Waals surface area contributed by atoms with Gasteiger partial charge in [0.15, 0.2) is 0 Å². The van der Waals surface area contributed by atoms with Crippen molar-refractivity contribution in [2.24, 2.45) is 0 Å². The van der Waals surface area contributed by atoms with Crippen LogP contribution in [0.2, 0.25) is 0 Å². The van der Waals surface area contributed by atoms with Gasteiger partial charge >= 0.3 is 0 Å². The second kappa shape index (κ2) is 5.69. The van der Waals surface area contributed by atoms with Crippen LogP contribution in [0.15, 0.2) is 16.6 Å². The van der Waals surface area contributed by atoms with Crippen molar-refractivity contribution < 1.29 is 0 Å². The van der Waals surface area contributed by atoms with E-state index in [-0.39, 0.29) is 0 Å². The zero-order chi connectivity index (χ0) is 14.2. The van der Waals surface area contributed by atoms with Crippen LogP contribution in [0.25, 0.3) is 0 Å². The summed E-state index contributed by atoms with van der Waals surface area (Å²) in [6.45, 7) is 8.01. The van der Waals surface area contributed by atoms with Gasteiger partial charge in [-0.15, -0.1) is 0 Å². The molecule has 1 aliphatic carbocycles. The Bertz CT molecular complexity index is 469. The molecule has 1 N–H and O–H groups in total. The summed E-state index contributed by atoms with van der Waals surface area (Å²) in [6.07, 6.45) is 6.71. The smallest absolute Gasteiger partial charge is 0.0427 e. The van der Waals surface area contributed by atoms with Gasteiger partial charge in [0.25, 0.3) is 0 Å². The molecular formula is C17H25BrN2. The first-order valence-electron chi connectivity index (χ1n) is 7.86. The van der Waals surface area contributed by atoms with E-state index in [9.17, 15) is 0 Å². The molecule has 1 spiro atoms. The van der Waals surface area contributed by atoms with Crippen molar-refractivity contribution in [3.8, 4) is 0 Å². The highest BCUT2D eigenvalue weighted by molar-refractivity contribution is 9.10. The maximum atomic E-state index is 3.86. The summed E-state index contributed by atoms with van der Waals surface area (Å²) >= 11 is 3.62. The van der Waals surface area contributed by atoms with E-state index in [4.69, 9.17) is 0 Å². The van der Waals surface area contributed by atoms with E-state index in [0.29, 0.717) is 5.54 Å². The molecule has 0 aromatic heterocycles. The van der Waals surface area contributed by atoms with Gasteiger partial charge in [-0.1, -0.05) is 28.8 Å². The summed E-state index contributed by atoms with van der Waals surface area (Å²) in [7, 11) is 0. The molecular weight excluding hydrogens is 312 g/mol. The monoisotopic (exact) mass is 336 g/mol. The predicted molar refractivity (Wildman–Crippen MR) is 89.6 cm³/mol. The molecule has 1 saturated heterocycles. The largest absolute Gasteiger partial charge is 0.369 e. The van der Waals surface area contributed by atoms with Gasteiger partial charge in [0, 0.05) is 28.8 Å². The Morgan fingerprint density at radius 3 is 2.40 bits per heavy atom. The van der Waals surface area contributed by atoms with Gasteiger partial charge in [-0.05, 0) is 62.9 Å². The molecule has 1 aromatic rings. The van der Waals surface area contributed by atoms with Gasteiger partial charge in [0.2, 0.25) is 0 Å². The van der Waals surface area contributed by atoms with Gasteiger partial charge in [0.05, 0.1) is 0 Å². The third-order valence-corrected chi connectivity index (χ3v) is 5.39. The van der Waals surface area contributed by atoms with Crippen molar-refractivity contribution in [1.29, 1.82) is 0 Å². The van der Waals surface area contributed by atoms with Crippen molar-refractivity contribution in [2.45, 2.75) is 51.5 Å². The van der Waals surface area contributed by atoms with E-state index in [0.717, 1.165) is 0 Å². The molecule has 110 valence electrons. The molecule has 0 radical (unpaired) electrons. The minimum absolute atomic E-state index is 0.377. The lowest BCUT2D eigenvalue weighted by atomic mass is 9.96. The molecule has 1 heterocycles. The zero-order valence-electron chi connectivity index (χ0n) is 12.6. The number of aryl methyl sites for hydroxylation is 2. The molecule has 0 bridgehead atoms. The molecule has 3 rings (SSSR count). The molecule has 2 nitrogen and oxygen atoms in total. The number of halogens is 1. The number of hydrogen-bond donors (Lipinski definition) is 1. The Labute approximate surface area is 131 Å². The highest BCUT2D eigenvalue weighted by atomic mass is 79.9. The SMILES string of the molecule is Cc1cc(Br)cc(C)c1N1CCCNC2(CCCC2)C1. The molecule has 2 aliphatic rings. The first kappa shape index (κ1) is 14.4. The quantitative estimate of drug-likeness (QED) is 0.827. The lowest BCUT2D eigenvalue weighted by Gasteiger charge is -2.36. The summed E-state index contributed by atoms with van der Waals surface area (Å²) in [5.74, 6) is 0. The topological polar surface area (TPSA) is 15.3 Å². The minimum Gasteiger partial charge on any atom is -0.369 e. The third kappa shape index (κ3) is 2.75. The van der Waals surface area contributed by atoms with Crippen molar-refractivity contribution in [3.05, 3.63) is 27.7 Å². The fourth-order valence-corrected chi connectivity index (χ4v) is 4.79. The Hall–Kier alpha value is -0.540. The molecule has 0 unspecified atom stereocenters. The van der Waals surface area contributed by atoms with Gasteiger partial charge in [-0.25, -0.2) is 0 Å². The normalized spacial score (nSPS) is 22.2. The number of nitrogens with one attached hydrogen (secondary N) is 1. The molecule has 1 saturated carbocycles. The van der Waals surface area contributed by atoms with Crippen LogP contribution in [0, 0.1) is 13.8 Å². The predicted octanol–water partition coefficient (Wildman–Crippen LogP) is 4.18.